The molecule has 132 valence electrons. The molecule has 0 aliphatic carbocycles. The van der Waals surface area contributed by atoms with Gasteiger partial charge in [0, 0.05) is 0 Å². The molecule has 3 heterocycles. The zero-order chi connectivity index (χ0) is 17.9. The molecule has 0 amide bonds. The molecule has 5 N–H and O–H groups in total. The van der Waals surface area contributed by atoms with E-state index in [2.05, 4.69) is 19.8 Å². The number of nitrogens with one attached hydrogen (secondary N) is 1. The van der Waals surface area contributed by atoms with Gasteiger partial charge in [-0.3, -0.25) is 18.9 Å². The maximum atomic E-state index is 11.7. The summed E-state index contributed by atoms with van der Waals surface area (Å²) < 4.78 is 15.0. The van der Waals surface area contributed by atoms with Crippen LogP contribution in [-0.4, -0.2) is 54.7 Å². The number of ether oxygens (including phenoxy) is 1. The van der Waals surface area contributed by atoms with Crippen molar-refractivity contribution in [3.63, 3.8) is 0 Å². The molecule has 2 aromatic rings. The van der Waals surface area contributed by atoms with Gasteiger partial charge in [0.2, 0.25) is 5.95 Å². The van der Waals surface area contributed by atoms with Crippen LogP contribution < -0.4 is 21.4 Å². The highest BCUT2D eigenvalue weighted by molar-refractivity contribution is 7.14. The van der Waals surface area contributed by atoms with Crippen LogP contribution in [0.2, 0.25) is 0 Å². The van der Waals surface area contributed by atoms with Gasteiger partial charge >= 0.3 is 0 Å². The van der Waals surface area contributed by atoms with Crippen LogP contribution in [0.3, 0.4) is 0 Å². The van der Waals surface area contributed by atoms with Crippen LogP contribution in [0.15, 0.2) is 11.1 Å². The van der Waals surface area contributed by atoms with Crippen molar-refractivity contribution in [2.45, 2.75) is 24.5 Å². The number of fused-ring (bicyclic) bond motifs is 1. The zero-order valence-corrected chi connectivity index (χ0v) is 12.7. The van der Waals surface area contributed by atoms with E-state index in [1.807, 2.05) is 0 Å². The van der Waals surface area contributed by atoms with E-state index < -0.39 is 45.4 Å². The standard InChI is InChI=1S/C10H13N5O6.HO2P/c11-10-13-7-4(8(18)14-10)12-2-15(7)9-6(17)5(16)3(21-9)1-20-19;1-3-2/h2-3,5-6,9,16-17,19H,1H2,(H3,11,13,14,18);(H,1,2)/p-2/t3-,5+,6?,9-;/m1./s1. The topological polar surface area (TPSA) is 212 Å². The lowest BCUT2D eigenvalue weighted by Gasteiger charge is -2.17. The summed E-state index contributed by atoms with van der Waals surface area (Å²) in [6.07, 6.45) is -3.50. The summed E-state index contributed by atoms with van der Waals surface area (Å²) in [6.45, 7) is -0.433. The van der Waals surface area contributed by atoms with Crippen LogP contribution >= 0.6 is 8.69 Å². The van der Waals surface area contributed by atoms with Gasteiger partial charge in [-0.25, -0.2) is 4.98 Å². The lowest BCUT2D eigenvalue weighted by Crippen LogP contribution is -2.34. The highest BCUT2D eigenvalue weighted by Gasteiger charge is 2.44. The fraction of sp³-hybridized carbons (Fsp3) is 0.500. The molecule has 1 aliphatic rings. The number of nitrogens with zero attached hydrogens (tertiary/aromatic N) is 3. The quantitative estimate of drug-likeness (QED) is 0.236. The lowest BCUT2D eigenvalue weighted by atomic mass is 10.1. The molecule has 13 nitrogen and oxygen atoms in total. The number of hydrogen-bond acceptors (Lipinski definition) is 11. The number of aliphatic hydroxyl groups excluding tert-OH is 2. The number of nitrogens with two attached hydrogens (primary N) is 1. The number of imidazole rings is 1. The summed E-state index contributed by atoms with van der Waals surface area (Å²) in [5, 5.41) is 30.0. The van der Waals surface area contributed by atoms with Gasteiger partial charge in [0.05, 0.1) is 21.6 Å². The van der Waals surface area contributed by atoms with Crippen molar-refractivity contribution in [1.82, 2.24) is 19.5 Å². The summed E-state index contributed by atoms with van der Waals surface area (Å²) >= 11 is 0. The van der Waals surface area contributed by atoms with Crippen molar-refractivity contribution < 1.29 is 34.6 Å². The Hall–Kier alpha value is -1.99. The Morgan fingerprint density at radius 3 is 2.79 bits per heavy atom. The number of anilines is 1. The molecule has 0 radical (unpaired) electrons. The van der Waals surface area contributed by atoms with Crippen molar-refractivity contribution in [2.75, 3.05) is 12.3 Å². The Kier molecular flexibility index (Phi) is 5.90. The normalized spacial score (nSPS) is 26.5. The minimum atomic E-state index is -1.34. The monoisotopic (exact) mass is 361 g/mol. The Morgan fingerprint density at radius 2 is 2.17 bits per heavy atom. The van der Waals surface area contributed by atoms with E-state index in [0.29, 0.717) is 0 Å². The fourth-order valence-electron chi connectivity index (χ4n) is 2.29. The fourth-order valence-corrected chi connectivity index (χ4v) is 2.29. The van der Waals surface area contributed by atoms with Gasteiger partial charge in [-0.05, 0) is 0 Å². The molecule has 0 aromatic carbocycles. The second kappa shape index (κ2) is 7.72. The molecule has 3 rings (SSSR count). The van der Waals surface area contributed by atoms with Crippen LogP contribution in [0.4, 0.5) is 5.95 Å². The third-order valence-electron chi connectivity index (χ3n) is 3.29. The van der Waals surface area contributed by atoms with E-state index >= 15 is 0 Å². The largest absolute Gasteiger partial charge is 0.772 e. The summed E-state index contributed by atoms with van der Waals surface area (Å²) in [5.74, 6) is -0.123. The molecule has 1 aliphatic heterocycles. The molecule has 1 saturated heterocycles. The first kappa shape index (κ1) is 18.4. The van der Waals surface area contributed by atoms with Gasteiger partial charge in [0.1, 0.15) is 18.3 Å². The second-order valence-electron chi connectivity index (χ2n) is 4.68. The van der Waals surface area contributed by atoms with Crippen molar-refractivity contribution in [1.29, 1.82) is 0 Å². The highest BCUT2D eigenvalue weighted by Crippen LogP contribution is 2.30. The smallest absolute Gasteiger partial charge is 0.280 e. The molecule has 4 atom stereocenters. The molecule has 0 spiro atoms. The third-order valence-corrected chi connectivity index (χ3v) is 3.29. The molecule has 1 fully saturated rings. The summed E-state index contributed by atoms with van der Waals surface area (Å²) in [4.78, 5) is 33.8. The van der Waals surface area contributed by atoms with Gasteiger partial charge in [-0.15, -0.1) is 0 Å². The Labute approximate surface area is 134 Å². The molecule has 0 saturated carbocycles. The lowest BCUT2D eigenvalue weighted by molar-refractivity contribution is -0.691. The maximum absolute atomic E-state index is 11.7. The Balaban J connectivity index is 0.000000647. The second-order valence-corrected chi connectivity index (χ2v) is 4.83. The van der Waals surface area contributed by atoms with Crippen LogP contribution in [0.5, 0.6) is 0 Å². The van der Waals surface area contributed by atoms with Crippen LogP contribution in [-0.2, 0) is 14.2 Å². The van der Waals surface area contributed by atoms with E-state index in [4.69, 9.17) is 19.9 Å². The van der Waals surface area contributed by atoms with Crippen molar-refractivity contribution in [3.05, 3.63) is 16.7 Å². The van der Waals surface area contributed by atoms with E-state index in [-0.39, 0.29) is 17.1 Å². The van der Waals surface area contributed by atoms with Gasteiger partial charge < -0.3 is 35.7 Å². The van der Waals surface area contributed by atoms with Crippen molar-refractivity contribution in [2.24, 2.45) is 0 Å². The van der Waals surface area contributed by atoms with E-state index in [0.717, 1.165) is 0 Å². The maximum Gasteiger partial charge on any atom is 0.280 e. The van der Waals surface area contributed by atoms with Gasteiger partial charge in [0.15, 0.2) is 17.4 Å². The molecular weight excluding hydrogens is 349 g/mol. The number of hydrogen-bond donors (Lipinski definition) is 4. The minimum absolute atomic E-state index is 0.0121. The number of nitrogen functional groups attached to an aromatic ring is 1. The van der Waals surface area contributed by atoms with Crippen molar-refractivity contribution in [3.8, 4) is 0 Å². The van der Waals surface area contributed by atoms with Gasteiger partial charge in [-0.1, -0.05) is 0 Å². The Morgan fingerprint density at radius 1 is 1.50 bits per heavy atom. The van der Waals surface area contributed by atoms with Gasteiger partial charge in [0.25, 0.3) is 5.56 Å². The zero-order valence-electron chi connectivity index (χ0n) is 11.8. The number of aromatic nitrogens is 4. The molecule has 1 unspecified atom stereocenters. The number of aromatic amines is 1. The van der Waals surface area contributed by atoms with E-state index in [1.165, 1.54) is 10.9 Å². The SMILES string of the molecule is Nc1nc2c(ncn2[C@@H]2O[C@H](CO[O-])[C@H](O)C2O)c(=O)[nH]1.O=P[O-]. The number of H-pyrrole nitrogens is 1. The average Bonchev–Trinajstić information content (AvgIpc) is 3.05. The average molecular weight is 361 g/mol. The first-order chi connectivity index (χ1) is 11.4. The van der Waals surface area contributed by atoms with Crippen LogP contribution in [0.25, 0.3) is 11.2 Å². The molecular formula is C10H12N5O8P-2. The summed E-state index contributed by atoms with van der Waals surface area (Å²) in [6, 6.07) is 0. The predicted octanol–water partition coefficient (Wildman–Crippen LogP) is -3.83. The molecule has 24 heavy (non-hydrogen) atoms. The summed E-state index contributed by atoms with van der Waals surface area (Å²) in [5.41, 5.74) is 5.03. The number of rotatable bonds is 3. The third kappa shape index (κ3) is 3.42. The molecule has 0 bridgehead atoms. The predicted molar refractivity (Wildman–Crippen MR) is 72.0 cm³/mol. The van der Waals surface area contributed by atoms with Crippen LogP contribution in [0, 0.1) is 0 Å². The first-order valence-electron chi connectivity index (χ1n) is 6.38. The van der Waals surface area contributed by atoms with Crippen LogP contribution in [0.1, 0.15) is 6.23 Å². The Bertz CT molecular complexity index is 765. The minimum Gasteiger partial charge on any atom is -0.772 e. The van der Waals surface area contributed by atoms with E-state index in [1.54, 1.807) is 0 Å². The van der Waals surface area contributed by atoms with Crippen molar-refractivity contribution >= 4 is 25.8 Å². The van der Waals surface area contributed by atoms with E-state index in [9.17, 15) is 20.3 Å². The molecule has 14 heteroatoms. The van der Waals surface area contributed by atoms with Gasteiger partial charge in [-0.2, -0.15) is 4.98 Å². The number of aliphatic hydroxyl groups is 2. The molecule has 2 aromatic heterocycles. The highest BCUT2D eigenvalue weighted by atomic mass is 31.1. The first-order valence-corrected chi connectivity index (χ1v) is 7.11. The summed E-state index contributed by atoms with van der Waals surface area (Å²) in [7, 11) is -1.08.